The van der Waals surface area contributed by atoms with E-state index in [2.05, 4.69) is 19.5 Å². The van der Waals surface area contributed by atoms with Crippen LogP contribution in [0, 0.1) is 0 Å². The molecular weight excluding hydrogens is 417 g/mol. The normalized spacial score (nSPS) is 24.7. The number of aliphatic hydroxyl groups excluding tert-OH is 1. The van der Waals surface area contributed by atoms with Gasteiger partial charge in [-0.15, -0.1) is 0 Å². The van der Waals surface area contributed by atoms with E-state index in [0.717, 1.165) is 25.7 Å². The Morgan fingerprint density at radius 3 is 2.73 bits per heavy atom. The Hall–Kier alpha value is -1.70. The highest BCUT2D eigenvalue weighted by molar-refractivity contribution is 7.46. The second-order valence-corrected chi connectivity index (χ2v) is 8.55. The summed E-state index contributed by atoms with van der Waals surface area (Å²) in [6.07, 6.45) is 3.31. The van der Waals surface area contributed by atoms with Gasteiger partial charge in [0.15, 0.2) is 17.0 Å². The molecule has 9 N–H and O–H groups in total. The summed E-state index contributed by atoms with van der Waals surface area (Å²) in [6.45, 7) is 0.114. The molecule has 3 heterocycles. The summed E-state index contributed by atoms with van der Waals surface area (Å²) < 4.78 is 22.8. The van der Waals surface area contributed by atoms with E-state index in [0.29, 0.717) is 30.0 Å². The zero-order valence-electron chi connectivity index (χ0n) is 16.4. The highest BCUT2D eigenvalue weighted by atomic mass is 31.2. The van der Waals surface area contributed by atoms with Crippen LogP contribution >= 0.6 is 7.82 Å². The monoisotopic (exact) mass is 445 g/mol. The molecule has 1 aliphatic rings. The van der Waals surface area contributed by atoms with Crippen molar-refractivity contribution in [3.63, 3.8) is 0 Å². The van der Waals surface area contributed by atoms with Gasteiger partial charge in [0, 0.05) is 12.8 Å². The van der Waals surface area contributed by atoms with Crippen LogP contribution in [0.2, 0.25) is 0 Å². The van der Waals surface area contributed by atoms with Crippen molar-refractivity contribution in [1.29, 1.82) is 0 Å². The van der Waals surface area contributed by atoms with Crippen molar-refractivity contribution in [2.75, 3.05) is 18.9 Å². The molecule has 0 bridgehead atoms. The molecule has 1 aliphatic heterocycles. The molecule has 1 fully saturated rings. The molecule has 0 spiro atoms. The number of rotatable bonds is 10. The predicted octanol–water partition coefficient (Wildman–Crippen LogP) is -0.702. The van der Waals surface area contributed by atoms with Gasteiger partial charge in [0.1, 0.15) is 18.3 Å². The predicted molar refractivity (Wildman–Crippen MR) is 107 cm³/mol. The topological polar surface area (TPSA) is 218 Å². The molecule has 13 nitrogen and oxygen atoms in total. The quantitative estimate of drug-likeness (QED) is 0.197. The number of nitrogens with zero attached hydrogens (tertiary/aromatic N) is 4. The first-order valence-corrected chi connectivity index (χ1v) is 11.2. The summed E-state index contributed by atoms with van der Waals surface area (Å²) in [4.78, 5) is 30.6. The van der Waals surface area contributed by atoms with E-state index >= 15 is 0 Å². The van der Waals surface area contributed by atoms with Gasteiger partial charge >= 0.3 is 7.82 Å². The smallest absolute Gasteiger partial charge is 0.390 e. The fourth-order valence-corrected chi connectivity index (χ4v) is 3.92. The summed E-state index contributed by atoms with van der Waals surface area (Å²) in [7, 11) is -4.72. The fourth-order valence-electron chi connectivity index (χ4n) is 3.58. The molecule has 14 heteroatoms. The Morgan fingerprint density at radius 2 is 2.03 bits per heavy atom. The van der Waals surface area contributed by atoms with Crippen molar-refractivity contribution in [3.8, 4) is 0 Å². The minimum absolute atomic E-state index is 0.0578. The second kappa shape index (κ2) is 9.20. The summed E-state index contributed by atoms with van der Waals surface area (Å²) in [5.41, 5.74) is 18.7. The summed E-state index contributed by atoms with van der Waals surface area (Å²) in [5, 5.41) is 10.4. The Balaban J connectivity index is 1.88. The van der Waals surface area contributed by atoms with E-state index in [9.17, 15) is 9.67 Å². The van der Waals surface area contributed by atoms with Gasteiger partial charge in [0.25, 0.3) is 0 Å². The minimum atomic E-state index is -4.72. The van der Waals surface area contributed by atoms with E-state index in [1.807, 2.05) is 0 Å². The van der Waals surface area contributed by atoms with Crippen molar-refractivity contribution in [1.82, 2.24) is 19.5 Å². The van der Waals surface area contributed by atoms with Crippen LogP contribution < -0.4 is 17.2 Å². The van der Waals surface area contributed by atoms with Crippen LogP contribution in [0.5, 0.6) is 0 Å². The van der Waals surface area contributed by atoms with Gasteiger partial charge in [-0.25, -0.2) is 19.5 Å². The van der Waals surface area contributed by atoms with E-state index in [4.69, 9.17) is 31.7 Å². The third-order valence-electron chi connectivity index (χ3n) is 4.97. The van der Waals surface area contributed by atoms with Crippen molar-refractivity contribution in [2.24, 2.45) is 11.5 Å². The van der Waals surface area contributed by atoms with E-state index in [-0.39, 0.29) is 12.2 Å². The number of aromatic nitrogens is 4. The molecule has 3 atom stereocenters. The van der Waals surface area contributed by atoms with Gasteiger partial charge in [-0.3, -0.25) is 14.8 Å². The number of hydrogen-bond acceptors (Lipinski definition) is 10. The lowest BCUT2D eigenvalue weighted by Gasteiger charge is -2.28. The van der Waals surface area contributed by atoms with Crippen LogP contribution in [-0.2, 0) is 26.1 Å². The number of unbranched alkanes of at least 4 members (excludes halogenated alkanes) is 3. The summed E-state index contributed by atoms with van der Waals surface area (Å²) in [5.74, 6) is -0.798. The lowest BCUT2D eigenvalue weighted by atomic mass is 10.1. The van der Waals surface area contributed by atoms with Gasteiger partial charge in [-0.1, -0.05) is 12.8 Å². The number of phosphoric acid groups is 1. The van der Waals surface area contributed by atoms with Crippen LogP contribution in [0.4, 0.5) is 5.82 Å². The third-order valence-corrected chi connectivity index (χ3v) is 5.45. The Morgan fingerprint density at radius 1 is 1.30 bits per heavy atom. The Kier molecular flexibility index (Phi) is 7.05. The summed E-state index contributed by atoms with van der Waals surface area (Å²) >= 11 is 0. The number of fused-ring (bicyclic) bond motifs is 1. The van der Waals surface area contributed by atoms with Crippen LogP contribution in [-0.4, -0.2) is 59.8 Å². The minimum Gasteiger partial charge on any atom is -0.390 e. The lowest BCUT2D eigenvalue weighted by molar-refractivity contribution is -0.111. The number of nitrogens with two attached hydrogens (primary N) is 3. The Bertz CT molecular complexity index is 921. The molecule has 0 aliphatic carbocycles. The largest absolute Gasteiger partial charge is 0.469 e. The molecule has 168 valence electrons. The molecule has 3 rings (SSSR count). The van der Waals surface area contributed by atoms with Crippen molar-refractivity contribution < 1.29 is 28.7 Å². The number of phosphoric ester groups is 1. The summed E-state index contributed by atoms with van der Waals surface area (Å²) in [6, 6.07) is 0. The van der Waals surface area contributed by atoms with Crippen LogP contribution in [0.1, 0.15) is 37.9 Å². The average Bonchev–Trinajstić information content (AvgIpc) is 3.18. The van der Waals surface area contributed by atoms with E-state index in [1.54, 1.807) is 4.57 Å². The molecule has 0 aromatic carbocycles. The first-order valence-electron chi connectivity index (χ1n) is 9.68. The number of imidazole rings is 1. The number of hydrogen-bond donors (Lipinski definition) is 6. The zero-order valence-corrected chi connectivity index (χ0v) is 17.3. The molecule has 1 saturated heterocycles. The average molecular weight is 445 g/mol. The lowest BCUT2D eigenvalue weighted by Crippen LogP contribution is -2.44. The molecule has 0 unspecified atom stereocenters. The maximum atomic E-state index is 11.0. The molecule has 0 amide bonds. The second-order valence-electron chi connectivity index (χ2n) is 7.31. The number of nitrogen functional groups attached to an aromatic ring is 1. The Labute approximate surface area is 172 Å². The van der Waals surface area contributed by atoms with Gasteiger partial charge in [0.2, 0.25) is 5.85 Å². The molecule has 30 heavy (non-hydrogen) atoms. The third kappa shape index (κ3) is 5.13. The van der Waals surface area contributed by atoms with Gasteiger partial charge in [-0.05, 0) is 19.4 Å². The molecule has 0 saturated carbocycles. The maximum absolute atomic E-state index is 11.0. The molecule has 0 radical (unpaired) electrons. The number of aryl methyl sites for hydroxylation is 1. The highest BCUT2D eigenvalue weighted by Gasteiger charge is 2.47. The van der Waals surface area contributed by atoms with Gasteiger partial charge < -0.3 is 31.1 Å². The molecule has 2 aromatic rings. The number of aliphatic hydroxyl groups is 1. The van der Waals surface area contributed by atoms with E-state index < -0.39 is 32.5 Å². The molecular formula is C16H28N7O6P. The fraction of sp³-hybridized carbons (Fsp3) is 0.688. The molecule has 2 aromatic heterocycles. The van der Waals surface area contributed by atoms with E-state index in [1.165, 1.54) is 6.33 Å². The van der Waals surface area contributed by atoms with Gasteiger partial charge in [-0.2, -0.15) is 0 Å². The first kappa shape index (κ1) is 23.0. The van der Waals surface area contributed by atoms with Crippen LogP contribution in [0.3, 0.4) is 0 Å². The standard InChI is InChI=1S/C16H28N7O6P/c17-6-4-2-1-3-5-12-22-13-14(18)20-9-21-15(13)23(12)16(19)7-10(24)11(29-16)8-28-30(25,26)27/h9-11,24H,1-8,17,19H2,(H2,18,20,21)(H2,25,26,27)/t10-,11+,16-/m0/s1. The van der Waals surface area contributed by atoms with Gasteiger partial charge in [0.05, 0.1) is 12.7 Å². The highest BCUT2D eigenvalue weighted by Crippen LogP contribution is 2.40. The first-order chi connectivity index (χ1) is 14.1. The number of anilines is 1. The maximum Gasteiger partial charge on any atom is 0.469 e. The van der Waals surface area contributed by atoms with Crippen molar-refractivity contribution >= 4 is 24.8 Å². The zero-order chi connectivity index (χ0) is 21.9. The number of ether oxygens (including phenoxy) is 1. The van der Waals surface area contributed by atoms with Crippen LogP contribution in [0.25, 0.3) is 11.2 Å². The SMILES string of the molecule is NCCCCCCc1nc2c(N)ncnc2n1[C@@]1(N)C[C@H](O)[C@@H](COP(=O)(O)O)O1. The van der Waals surface area contributed by atoms with Crippen molar-refractivity contribution in [3.05, 3.63) is 12.2 Å². The van der Waals surface area contributed by atoms with Crippen molar-refractivity contribution in [2.45, 2.75) is 56.6 Å². The van der Waals surface area contributed by atoms with Crippen LogP contribution in [0.15, 0.2) is 6.33 Å².